The highest BCUT2D eigenvalue weighted by atomic mass is 31.0. The standard InChI is InChI=1S/C9H10NO3P/c1-13-9(12)8(10-14)6-2-4-7(11)5-3-6/h2-5,8,11,14H,1H3. The maximum absolute atomic E-state index is 11.2. The number of ether oxygens (including phenoxy) is 1. The molecule has 0 bridgehead atoms. The molecule has 0 spiro atoms. The molecule has 4 nitrogen and oxygen atoms in total. The topological polar surface area (TPSA) is 58.9 Å². The lowest BCUT2D eigenvalue weighted by Crippen LogP contribution is -2.11. The van der Waals surface area contributed by atoms with Crippen LogP contribution < -0.4 is 0 Å². The van der Waals surface area contributed by atoms with Gasteiger partial charge in [0, 0.05) is 0 Å². The quantitative estimate of drug-likeness (QED) is 0.613. The van der Waals surface area contributed by atoms with Gasteiger partial charge in [-0.05, 0) is 26.7 Å². The zero-order chi connectivity index (χ0) is 10.6. The number of carbonyl (C=O) groups is 1. The molecule has 1 atom stereocenters. The first-order chi connectivity index (χ1) is 6.69. The number of carbonyl (C=O) groups excluding carboxylic acids is 1. The Morgan fingerprint density at radius 2 is 2.07 bits per heavy atom. The first-order valence-electron chi connectivity index (χ1n) is 3.92. The molecule has 5 heteroatoms. The average molecular weight is 211 g/mol. The summed E-state index contributed by atoms with van der Waals surface area (Å²) in [6.45, 7) is 0. The van der Waals surface area contributed by atoms with Crippen LogP contribution in [0.1, 0.15) is 11.6 Å². The van der Waals surface area contributed by atoms with E-state index in [4.69, 9.17) is 5.11 Å². The fourth-order valence-corrected chi connectivity index (χ4v) is 1.29. The van der Waals surface area contributed by atoms with Gasteiger partial charge in [-0.15, -0.1) is 0 Å². The molecular weight excluding hydrogens is 201 g/mol. The molecule has 1 unspecified atom stereocenters. The van der Waals surface area contributed by atoms with Gasteiger partial charge < -0.3 is 9.84 Å². The lowest BCUT2D eigenvalue weighted by atomic mass is 10.1. The normalized spacial score (nSPS) is 11.8. The number of hydrogen-bond donors (Lipinski definition) is 1. The molecule has 0 fully saturated rings. The molecule has 1 aromatic carbocycles. The minimum atomic E-state index is -0.697. The van der Waals surface area contributed by atoms with Crippen LogP contribution in [0.2, 0.25) is 0 Å². The van der Waals surface area contributed by atoms with Crippen LogP contribution in [0, 0.1) is 0 Å². The molecule has 0 aliphatic carbocycles. The minimum Gasteiger partial charge on any atom is -0.508 e. The predicted molar refractivity (Wildman–Crippen MR) is 53.6 cm³/mol. The Labute approximate surface area is 83.8 Å². The Hall–Kier alpha value is -1.41. The van der Waals surface area contributed by atoms with Crippen molar-refractivity contribution in [2.45, 2.75) is 6.04 Å². The lowest BCUT2D eigenvalue weighted by molar-refractivity contribution is -0.142. The van der Waals surface area contributed by atoms with Gasteiger partial charge in [-0.1, -0.05) is 12.1 Å². The largest absolute Gasteiger partial charge is 0.508 e. The van der Waals surface area contributed by atoms with E-state index in [-0.39, 0.29) is 5.75 Å². The average Bonchev–Trinajstić information content (AvgIpc) is 2.21. The summed E-state index contributed by atoms with van der Waals surface area (Å²) in [5.41, 5.74) is 0.657. The van der Waals surface area contributed by atoms with Crippen LogP contribution >= 0.6 is 9.03 Å². The van der Waals surface area contributed by atoms with Crippen molar-refractivity contribution in [3.63, 3.8) is 0 Å². The van der Waals surface area contributed by atoms with Gasteiger partial charge in [-0.3, -0.25) is 4.74 Å². The van der Waals surface area contributed by atoms with Crippen molar-refractivity contribution in [3.8, 4) is 5.75 Å². The van der Waals surface area contributed by atoms with Crippen LogP contribution in [-0.2, 0) is 9.53 Å². The molecule has 0 saturated heterocycles. The number of phenolic OH excluding ortho intramolecular Hbond substituents is 1. The van der Waals surface area contributed by atoms with E-state index in [0.717, 1.165) is 0 Å². The summed E-state index contributed by atoms with van der Waals surface area (Å²) in [5, 5.41) is 9.05. The molecule has 0 aliphatic rings. The van der Waals surface area contributed by atoms with Crippen LogP contribution in [0.4, 0.5) is 0 Å². The van der Waals surface area contributed by atoms with E-state index in [0.29, 0.717) is 5.56 Å². The van der Waals surface area contributed by atoms with Gasteiger partial charge in [-0.25, -0.2) is 4.79 Å². The van der Waals surface area contributed by atoms with Crippen molar-refractivity contribution in [1.29, 1.82) is 0 Å². The van der Waals surface area contributed by atoms with Gasteiger partial charge in [0.05, 0.1) is 7.11 Å². The smallest absolute Gasteiger partial charge is 0.335 e. The summed E-state index contributed by atoms with van der Waals surface area (Å²) < 4.78 is 8.27. The van der Waals surface area contributed by atoms with E-state index < -0.39 is 12.0 Å². The Kier molecular flexibility index (Phi) is 3.60. The molecule has 0 aliphatic heterocycles. The highest BCUT2D eigenvalue weighted by molar-refractivity contribution is 7.04. The van der Waals surface area contributed by atoms with E-state index in [1.807, 2.05) is 0 Å². The third kappa shape index (κ3) is 2.30. The monoisotopic (exact) mass is 211 g/mol. The molecule has 0 heterocycles. The van der Waals surface area contributed by atoms with Crippen LogP contribution in [0.15, 0.2) is 29.0 Å². The molecular formula is C9H10NO3P. The predicted octanol–water partition coefficient (Wildman–Crippen LogP) is 1.93. The van der Waals surface area contributed by atoms with Crippen LogP contribution in [0.3, 0.4) is 0 Å². The van der Waals surface area contributed by atoms with E-state index in [2.05, 4.69) is 18.5 Å². The molecule has 74 valence electrons. The fraction of sp³-hybridized carbons (Fsp3) is 0.222. The highest BCUT2D eigenvalue weighted by Gasteiger charge is 2.18. The van der Waals surface area contributed by atoms with Crippen molar-refractivity contribution in [1.82, 2.24) is 0 Å². The molecule has 1 N–H and O–H groups in total. The number of esters is 1. The van der Waals surface area contributed by atoms with E-state index in [1.54, 1.807) is 12.1 Å². The Bertz CT molecular complexity index is 336. The third-order valence-electron chi connectivity index (χ3n) is 1.76. The van der Waals surface area contributed by atoms with Crippen LogP contribution in [0.25, 0.3) is 0 Å². The minimum absolute atomic E-state index is 0.145. The summed E-state index contributed by atoms with van der Waals surface area (Å²) >= 11 is 0. The zero-order valence-electron chi connectivity index (χ0n) is 7.60. The van der Waals surface area contributed by atoms with E-state index in [1.165, 1.54) is 19.2 Å². The maximum atomic E-state index is 11.2. The Morgan fingerprint density at radius 3 is 2.50 bits per heavy atom. The number of nitrogens with zero attached hydrogens (tertiary/aromatic N) is 1. The molecule has 0 amide bonds. The van der Waals surface area contributed by atoms with Crippen LogP contribution in [-0.4, -0.2) is 18.2 Å². The fourth-order valence-electron chi connectivity index (χ4n) is 1.03. The van der Waals surface area contributed by atoms with Crippen molar-refractivity contribution in [2.24, 2.45) is 4.74 Å². The van der Waals surface area contributed by atoms with Gasteiger partial charge in [-0.2, -0.15) is 0 Å². The first-order valence-corrected chi connectivity index (χ1v) is 4.37. The summed E-state index contributed by atoms with van der Waals surface area (Å²) in [6.07, 6.45) is 0. The number of aromatic hydroxyl groups is 1. The third-order valence-corrected chi connectivity index (χ3v) is 2.02. The van der Waals surface area contributed by atoms with Gasteiger partial charge in [0.2, 0.25) is 0 Å². The number of benzene rings is 1. The van der Waals surface area contributed by atoms with E-state index in [9.17, 15) is 4.79 Å². The van der Waals surface area contributed by atoms with Gasteiger partial charge in [0.25, 0.3) is 0 Å². The Balaban J connectivity index is 2.95. The molecule has 1 aromatic rings. The van der Waals surface area contributed by atoms with Gasteiger partial charge in [0.15, 0.2) is 6.04 Å². The highest BCUT2D eigenvalue weighted by Crippen LogP contribution is 2.21. The van der Waals surface area contributed by atoms with Gasteiger partial charge in [0.1, 0.15) is 5.75 Å². The van der Waals surface area contributed by atoms with Crippen molar-refractivity contribution >= 4 is 15.0 Å². The summed E-state index contributed by atoms with van der Waals surface area (Å²) in [4.78, 5) is 11.2. The second kappa shape index (κ2) is 4.72. The number of hydrogen-bond acceptors (Lipinski definition) is 4. The Morgan fingerprint density at radius 1 is 1.50 bits per heavy atom. The molecule has 0 aromatic heterocycles. The molecule has 0 radical (unpaired) electrons. The lowest BCUT2D eigenvalue weighted by Gasteiger charge is -2.08. The summed E-state index contributed by atoms with van der Waals surface area (Å²) in [7, 11) is 4.22. The number of rotatable bonds is 3. The van der Waals surface area contributed by atoms with E-state index >= 15 is 0 Å². The number of phenols is 1. The van der Waals surface area contributed by atoms with Crippen molar-refractivity contribution in [2.75, 3.05) is 7.11 Å². The maximum Gasteiger partial charge on any atom is 0.335 e. The van der Waals surface area contributed by atoms with Crippen molar-refractivity contribution < 1.29 is 14.6 Å². The second-order valence-electron chi connectivity index (χ2n) is 2.65. The van der Waals surface area contributed by atoms with Crippen LogP contribution in [0.5, 0.6) is 5.75 Å². The summed E-state index contributed by atoms with van der Waals surface area (Å²) in [5.74, 6) is -0.308. The molecule has 14 heavy (non-hydrogen) atoms. The summed E-state index contributed by atoms with van der Waals surface area (Å²) in [6, 6.07) is 5.50. The first kappa shape index (κ1) is 10.7. The molecule has 0 saturated carbocycles. The molecule has 1 rings (SSSR count). The zero-order valence-corrected chi connectivity index (χ0v) is 8.60. The van der Waals surface area contributed by atoms with Crippen molar-refractivity contribution in [3.05, 3.63) is 29.8 Å². The second-order valence-corrected chi connectivity index (χ2v) is 2.90. The van der Waals surface area contributed by atoms with Gasteiger partial charge >= 0.3 is 5.97 Å². The number of methoxy groups -OCH3 is 1. The SMILES string of the molecule is COC(=O)C(N=P)c1ccc(O)cc1.